The van der Waals surface area contributed by atoms with Gasteiger partial charge in [-0.15, -0.1) is 0 Å². The highest BCUT2D eigenvalue weighted by molar-refractivity contribution is 6.23. The van der Waals surface area contributed by atoms with Crippen LogP contribution in [0.25, 0.3) is 88.0 Å². The average molecular weight is 583 g/mol. The van der Waals surface area contributed by atoms with E-state index in [0.29, 0.717) is 22.3 Å². The van der Waals surface area contributed by atoms with Crippen LogP contribution in [0, 0.1) is 0 Å². The van der Waals surface area contributed by atoms with Crippen molar-refractivity contribution in [2.24, 2.45) is 0 Å². The van der Waals surface area contributed by atoms with E-state index in [1.165, 1.54) is 0 Å². The van der Waals surface area contributed by atoms with Crippen LogP contribution in [-0.2, 0) is 0 Å². The molecule has 0 bridgehead atoms. The molecule has 8 aromatic carbocycles. The topological polar surface area (TPSA) is 13.1 Å². The fraction of sp³-hybridized carbons (Fsp3) is 0. The Morgan fingerprint density at radius 2 is 0.911 bits per heavy atom. The second-order valence-electron chi connectivity index (χ2n) is 10.9. The SMILES string of the molecule is [2H]c1c([2H])c([2H])c(-c2ccc3c(c2)oc2ccc(-c4c5ccccc5c(-c5ccccc5-c5c([2H])c([2H])c([2H])c([2H])c5[2H])c5ccccc45)cc23)c([2H])c1[2H]. The zero-order chi connectivity index (χ0) is 38.4. The van der Waals surface area contributed by atoms with Gasteiger partial charge < -0.3 is 4.42 Å². The Labute approximate surface area is 275 Å². The van der Waals surface area contributed by atoms with E-state index >= 15 is 0 Å². The summed E-state index contributed by atoms with van der Waals surface area (Å²) in [5.41, 5.74) is 5.95. The number of rotatable bonds is 4. The van der Waals surface area contributed by atoms with Crippen molar-refractivity contribution in [2.75, 3.05) is 0 Å². The zero-order valence-electron chi connectivity index (χ0n) is 33.8. The molecular formula is C44H28O. The van der Waals surface area contributed by atoms with Crippen LogP contribution in [0.15, 0.2) is 174 Å². The smallest absolute Gasteiger partial charge is 0.136 e. The lowest BCUT2D eigenvalue weighted by Crippen LogP contribution is -1.92. The van der Waals surface area contributed by atoms with Crippen LogP contribution in [0.4, 0.5) is 0 Å². The third-order valence-electron chi connectivity index (χ3n) is 8.45. The Morgan fingerprint density at radius 3 is 1.58 bits per heavy atom. The summed E-state index contributed by atoms with van der Waals surface area (Å²) >= 11 is 0. The molecular weight excluding hydrogens is 544 g/mol. The minimum absolute atomic E-state index is 0.111. The normalized spacial score (nSPS) is 14.7. The van der Waals surface area contributed by atoms with E-state index in [-0.39, 0.29) is 47.4 Å². The second-order valence-corrected chi connectivity index (χ2v) is 10.9. The van der Waals surface area contributed by atoms with Crippen molar-refractivity contribution in [2.45, 2.75) is 0 Å². The van der Waals surface area contributed by atoms with E-state index in [4.69, 9.17) is 18.1 Å². The van der Waals surface area contributed by atoms with Gasteiger partial charge >= 0.3 is 0 Å². The maximum atomic E-state index is 8.79. The van der Waals surface area contributed by atoms with E-state index in [1.54, 1.807) is 12.1 Å². The molecule has 0 aliphatic rings. The van der Waals surface area contributed by atoms with Gasteiger partial charge in [0.15, 0.2) is 0 Å². The van der Waals surface area contributed by atoms with Crippen molar-refractivity contribution >= 4 is 43.5 Å². The predicted octanol–water partition coefficient (Wildman–Crippen LogP) is 12.6. The largest absolute Gasteiger partial charge is 0.456 e. The molecule has 1 aromatic heterocycles. The molecule has 0 N–H and O–H groups in total. The van der Waals surface area contributed by atoms with Crippen LogP contribution in [0.2, 0.25) is 0 Å². The summed E-state index contributed by atoms with van der Waals surface area (Å²) in [5, 5.41) is 5.44. The van der Waals surface area contributed by atoms with Gasteiger partial charge in [-0.05, 0) is 90.3 Å². The van der Waals surface area contributed by atoms with E-state index < -0.39 is 24.2 Å². The van der Waals surface area contributed by atoms with Crippen LogP contribution < -0.4 is 0 Å². The molecule has 9 rings (SSSR count). The van der Waals surface area contributed by atoms with E-state index in [1.807, 2.05) is 78.9 Å². The highest BCUT2D eigenvalue weighted by atomic mass is 16.3. The fourth-order valence-corrected chi connectivity index (χ4v) is 6.52. The van der Waals surface area contributed by atoms with Crippen molar-refractivity contribution in [3.8, 4) is 44.5 Å². The zero-order valence-corrected chi connectivity index (χ0v) is 23.8. The first-order valence-corrected chi connectivity index (χ1v) is 14.6. The quantitative estimate of drug-likeness (QED) is 0.188. The highest BCUT2D eigenvalue weighted by Gasteiger charge is 2.19. The first-order chi connectivity index (χ1) is 26.5. The first kappa shape index (κ1) is 17.4. The van der Waals surface area contributed by atoms with Gasteiger partial charge in [-0.2, -0.15) is 0 Å². The summed E-state index contributed by atoms with van der Waals surface area (Å²) in [7, 11) is 0. The molecule has 1 nitrogen and oxygen atoms in total. The lowest BCUT2D eigenvalue weighted by atomic mass is 9.83. The molecule has 0 atom stereocenters. The monoisotopic (exact) mass is 582 g/mol. The molecule has 0 amide bonds. The average Bonchev–Trinajstić information content (AvgIpc) is 3.57. The van der Waals surface area contributed by atoms with Gasteiger partial charge in [0.05, 0.1) is 13.7 Å². The summed E-state index contributed by atoms with van der Waals surface area (Å²) < 4.78 is 90.0. The second kappa shape index (κ2) is 10.4. The van der Waals surface area contributed by atoms with Crippen LogP contribution in [-0.4, -0.2) is 0 Å². The van der Waals surface area contributed by atoms with Gasteiger partial charge in [0, 0.05) is 10.8 Å². The molecule has 45 heavy (non-hydrogen) atoms. The molecule has 9 aromatic rings. The van der Waals surface area contributed by atoms with Gasteiger partial charge in [-0.1, -0.05) is 145 Å². The van der Waals surface area contributed by atoms with Gasteiger partial charge in [-0.25, -0.2) is 0 Å². The number of benzene rings is 8. The molecule has 0 aliphatic carbocycles. The minimum atomic E-state index is -0.442. The fourth-order valence-electron chi connectivity index (χ4n) is 6.52. The van der Waals surface area contributed by atoms with Gasteiger partial charge in [0.2, 0.25) is 0 Å². The van der Waals surface area contributed by atoms with Crippen molar-refractivity contribution in [1.29, 1.82) is 0 Å². The standard InChI is InChI=1S/C44H28O/c1-3-13-29(14-4-1)31-23-25-34-40-27-32(24-26-41(40)45-42(34)28-31)43-36-19-9-11-21-38(36)44(39-22-12-10-20-37(39)43)35-18-8-7-17-33(35)30-15-5-2-6-16-30/h1-28H/i1D,2D,3D,4D,5D,6D,13D,14D,15D,16D. The number of furan rings is 1. The summed E-state index contributed by atoms with van der Waals surface area (Å²) in [6, 6.07) is 31.4. The Morgan fingerprint density at radius 1 is 0.356 bits per heavy atom. The predicted molar refractivity (Wildman–Crippen MR) is 190 cm³/mol. The summed E-state index contributed by atoms with van der Waals surface area (Å²) in [4.78, 5) is 0. The highest BCUT2D eigenvalue weighted by Crippen LogP contribution is 2.46. The molecule has 0 unspecified atom stereocenters. The number of fused-ring (bicyclic) bond motifs is 5. The summed E-state index contributed by atoms with van der Waals surface area (Å²) in [6.07, 6.45) is 0. The van der Waals surface area contributed by atoms with Crippen molar-refractivity contribution in [3.63, 3.8) is 0 Å². The molecule has 0 radical (unpaired) electrons. The number of hydrogen-bond donors (Lipinski definition) is 0. The van der Waals surface area contributed by atoms with Crippen LogP contribution in [0.3, 0.4) is 0 Å². The van der Waals surface area contributed by atoms with Crippen molar-refractivity contribution in [1.82, 2.24) is 0 Å². The Hall–Kier alpha value is -5.92. The van der Waals surface area contributed by atoms with E-state index in [2.05, 4.69) is 18.2 Å². The Balaban J connectivity index is 1.28. The van der Waals surface area contributed by atoms with Gasteiger partial charge in [0.1, 0.15) is 11.2 Å². The summed E-state index contributed by atoms with van der Waals surface area (Å²) in [6.45, 7) is 0. The number of hydrogen-bond acceptors (Lipinski definition) is 1. The van der Waals surface area contributed by atoms with Gasteiger partial charge in [-0.3, -0.25) is 0 Å². The molecule has 0 saturated carbocycles. The Bertz CT molecular complexity index is 3000. The minimum Gasteiger partial charge on any atom is -0.456 e. The maximum Gasteiger partial charge on any atom is 0.136 e. The summed E-state index contributed by atoms with van der Waals surface area (Å²) in [5.74, 6) is 0. The molecule has 210 valence electrons. The maximum absolute atomic E-state index is 8.79. The third kappa shape index (κ3) is 4.17. The van der Waals surface area contributed by atoms with E-state index in [9.17, 15) is 0 Å². The lowest BCUT2D eigenvalue weighted by Gasteiger charge is -2.19. The molecule has 1 heteroatoms. The first-order valence-electron chi connectivity index (χ1n) is 19.6. The Kier molecular flexibility index (Phi) is 4.01. The lowest BCUT2D eigenvalue weighted by molar-refractivity contribution is 0.669. The third-order valence-corrected chi connectivity index (χ3v) is 8.45. The molecule has 1 heterocycles. The van der Waals surface area contributed by atoms with Crippen molar-refractivity contribution < 1.29 is 18.1 Å². The van der Waals surface area contributed by atoms with Crippen LogP contribution >= 0.6 is 0 Å². The molecule has 0 fully saturated rings. The molecule has 0 aliphatic heterocycles. The van der Waals surface area contributed by atoms with E-state index in [0.717, 1.165) is 54.6 Å². The van der Waals surface area contributed by atoms with Gasteiger partial charge in [0.25, 0.3) is 0 Å². The van der Waals surface area contributed by atoms with Crippen LogP contribution in [0.1, 0.15) is 13.7 Å². The molecule has 0 saturated heterocycles. The van der Waals surface area contributed by atoms with Crippen LogP contribution in [0.5, 0.6) is 0 Å². The molecule has 0 spiro atoms. The van der Waals surface area contributed by atoms with Crippen molar-refractivity contribution in [3.05, 3.63) is 170 Å².